The van der Waals surface area contributed by atoms with Crippen molar-refractivity contribution in [3.05, 3.63) is 30.2 Å². The summed E-state index contributed by atoms with van der Waals surface area (Å²) < 4.78 is 26.7. The highest BCUT2D eigenvalue weighted by Crippen LogP contribution is 2.38. The zero-order valence-corrected chi connectivity index (χ0v) is 23.7. The monoisotopic (exact) mass is 539 g/mol. The molecule has 11 heteroatoms. The minimum Gasteiger partial charge on any atom is -0.491 e. The second-order valence-electron chi connectivity index (χ2n) is 10.1. The van der Waals surface area contributed by atoms with Gasteiger partial charge in [0.15, 0.2) is 5.82 Å². The van der Waals surface area contributed by atoms with E-state index < -0.39 is 17.5 Å². The van der Waals surface area contributed by atoms with Gasteiger partial charge in [0.2, 0.25) is 0 Å². The first-order chi connectivity index (χ1) is 18.6. The molecule has 0 radical (unpaired) electrons. The van der Waals surface area contributed by atoms with Gasteiger partial charge in [0, 0.05) is 24.7 Å². The average Bonchev–Trinajstić information content (AvgIpc) is 3.43. The largest absolute Gasteiger partial charge is 0.491 e. The first kappa shape index (κ1) is 28.1. The van der Waals surface area contributed by atoms with Crippen molar-refractivity contribution in [2.45, 2.75) is 73.1 Å². The first-order valence-corrected chi connectivity index (χ1v) is 13.4. The zero-order valence-electron chi connectivity index (χ0n) is 23.7. The Morgan fingerprint density at radius 1 is 1.05 bits per heavy atom. The number of imidazole rings is 1. The molecule has 11 nitrogen and oxygen atoms in total. The van der Waals surface area contributed by atoms with E-state index >= 15 is 0 Å². The van der Waals surface area contributed by atoms with Crippen molar-refractivity contribution in [2.24, 2.45) is 5.92 Å². The number of carbonyl (C=O) groups is 2. The van der Waals surface area contributed by atoms with Gasteiger partial charge >= 0.3 is 17.5 Å². The molecule has 0 bridgehead atoms. The van der Waals surface area contributed by atoms with Crippen LogP contribution in [0.25, 0.3) is 22.9 Å². The molecule has 0 fully saturated rings. The lowest BCUT2D eigenvalue weighted by molar-refractivity contribution is -0.181. The highest BCUT2D eigenvalue weighted by Gasteiger charge is 2.52. The van der Waals surface area contributed by atoms with E-state index in [4.69, 9.17) is 23.9 Å². The summed E-state index contributed by atoms with van der Waals surface area (Å²) in [5, 5.41) is 4.52. The van der Waals surface area contributed by atoms with Gasteiger partial charge in [0.25, 0.3) is 0 Å². The number of rotatable bonds is 10. The highest BCUT2D eigenvalue weighted by molar-refractivity contribution is 6.04. The Hall–Kier alpha value is -3.89. The number of ether oxygens (including phenoxy) is 4. The molecule has 0 unspecified atom stereocenters. The highest BCUT2D eigenvalue weighted by atomic mass is 16.6. The lowest BCUT2D eigenvalue weighted by atomic mass is 9.91. The molecule has 0 amide bonds. The molecule has 0 aliphatic carbocycles. The molecule has 1 aromatic carbocycles. The summed E-state index contributed by atoms with van der Waals surface area (Å²) in [7, 11) is 0. The van der Waals surface area contributed by atoms with Crippen LogP contribution in [0.15, 0.2) is 24.4 Å². The fraction of sp³-hybridized carbons (Fsp3) is 0.536. The van der Waals surface area contributed by atoms with Crippen molar-refractivity contribution in [3.8, 4) is 34.4 Å². The minimum absolute atomic E-state index is 0.0571. The fourth-order valence-corrected chi connectivity index (χ4v) is 4.64. The summed E-state index contributed by atoms with van der Waals surface area (Å²) in [6.07, 6.45) is 2.04. The van der Waals surface area contributed by atoms with E-state index in [0.717, 1.165) is 5.56 Å². The van der Waals surface area contributed by atoms with Gasteiger partial charge in [-0.1, -0.05) is 13.8 Å². The summed E-state index contributed by atoms with van der Waals surface area (Å²) in [5.74, 6) is 1.29. The Morgan fingerprint density at radius 3 is 2.36 bits per heavy atom. The first-order valence-electron chi connectivity index (χ1n) is 13.4. The molecule has 39 heavy (non-hydrogen) atoms. The smallest absolute Gasteiger partial charge is 0.362 e. The maximum atomic E-state index is 13.1. The van der Waals surface area contributed by atoms with Crippen molar-refractivity contribution in [2.75, 3.05) is 19.8 Å². The maximum absolute atomic E-state index is 13.1. The number of hydrogen-bond donors (Lipinski definition) is 0. The van der Waals surface area contributed by atoms with E-state index in [9.17, 15) is 9.59 Å². The third-order valence-corrected chi connectivity index (χ3v) is 6.21. The Balaban J connectivity index is 1.74. The van der Waals surface area contributed by atoms with Crippen LogP contribution < -0.4 is 9.47 Å². The number of fused-ring (bicyclic) bond motifs is 3. The Morgan fingerprint density at radius 2 is 1.74 bits per heavy atom. The maximum Gasteiger partial charge on any atom is 0.362 e. The van der Waals surface area contributed by atoms with Crippen LogP contribution in [0.2, 0.25) is 0 Å². The molecule has 0 saturated carbocycles. The molecule has 1 aliphatic heterocycles. The van der Waals surface area contributed by atoms with Gasteiger partial charge in [-0.05, 0) is 52.7 Å². The van der Waals surface area contributed by atoms with E-state index in [0.29, 0.717) is 42.1 Å². The van der Waals surface area contributed by atoms with E-state index in [1.54, 1.807) is 26.0 Å². The predicted octanol–water partition coefficient (Wildman–Crippen LogP) is 4.38. The number of hydrogen-bond acceptors (Lipinski definition) is 9. The number of esters is 2. The SMILES string of the molecule is CCOC(=O)C(CC(C)C)(Oc1ccc2c(c1)OCCn1cc(-c3nc(C)nn3C(C)C)nc1-2)C(=O)OCC. The summed E-state index contributed by atoms with van der Waals surface area (Å²) >= 11 is 0. The molecule has 4 rings (SSSR count). The summed E-state index contributed by atoms with van der Waals surface area (Å²) in [4.78, 5) is 35.8. The van der Waals surface area contributed by atoms with Crippen LogP contribution in [0.5, 0.6) is 11.5 Å². The normalized spacial score (nSPS) is 12.9. The van der Waals surface area contributed by atoms with Gasteiger partial charge in [-0.3, -0.25) is 0 Å². The average molecular weight is 540 g/mol. The second-order valence-corrected chi connectivity index (χ2v) is 10.1. The quantitative estimate of drug-likeness (QED) is 0.273. The van der Waals surface area contributed by atoms with Crippen molar-refractivity contribution < 1.29 is 28.5 Å². The van der Waals surface area contributed by atoms with Crippen LogP contribution >= 0.6 is 0 Å². The summed E-state index contributed by atoms with van der Waals surface area (Å²) in [6.45, 7) is 14.3. The molecule has 210 valence electrons. The molecular weight excluding hydrogens is 502 g/mol. The van der Waals surface area contributed by atoms with Gasteiger partial charge in [0.1, 0.15) is 35.4 Å². The molecule has 0 spiro atoms. The summed E-state index contributed by atoms with van der Waals surface area (Å²) in [6, 6.07) is 5.31. The Labute approximate surface area is 228 Å². The molecular formula is C28H37N5O6. The lowest BCUT2D eigenvalue weighted by Crippen LogP contribution is -2.54. The van der Waals surface area contributed by atoms with Crippen molar-refractivity contribution >= 4 is 11.9 Å². The molecule has 1 aliphatic rings. The standard InChI is InChI=1S/C28H37N5O6/c1-8-36-26(34)28(15-17(3)4,27(35)37-9-2)39-20-10-11-21-23(14-20)38-13-12-32-16-22(30-24(21)32)25-29-19(7)31-33(25)18(5)6/h10-11,14,16-18H,8-9,12-13,15H2,1-7H3. The number of carbonyl (C=O) groups excluding carboxylic acids is 2. The van der Waals surface area contributed by atoms with Gasteiger partial charge in [-0.15, -0.1) is 0 Å². The van der Waals surface area contributed by atoms with Gasteiger partial charge < -0.3 is 23.5 Å². The van der Waals surface area contributed by atoms with E-state index in [1.807, 2.05) is 42.3 Å². The second kappa shape index (κ2) is 11.5. The fourth-order valence-electron chi connectivity index (χ4n) is 4.64. The zero-order chi connectivity index (χ0) is 28.3. The van der Waals surface area contributed by atoms with Crippen molar-refractivity contribution in [1.82, 2.24) is 24.3 Å². The molecule has 0 N–H and O–H groups in total. The molecule has 3 aromatic rings. The van der Waals surface area contributed by atoms with E-state index in [2.05, 4.69) is 23.9 Å². The van der Waals surface area contributed by atoms with Gasteiger partial charge in [-0.2, -0.15) is 5.10 Å². The van der Waals surface area contributed by atoms with E-state index in [-0.39, 0.29) is 37.3 Å². The van der Waals surface area contributed by atoms with E-state index in [1.165, 1.54) is 0 Å². The van der Waals surface area contributed by atoms with Gasteiger partial charge in [0.05, 0.1) is 25.3 Å². The summed E-state index contributed by atoms with van der Waals surface area (Å²) in [5.41, 5.74) is -0.475. The van der Waals surface area contributed by atoms with Crippen LogP contribution in [-0.2, 0) is 25.6 Å². The van der Waals surface area contributed by atoms with Gasteiger partial charge in [-0.25, -0.2) is 24.2 Å². The molecule has 0 saturated heterocycles. The van der Waals surface area contributed by atoms with Crippen LogP contribution in [0.4, 0.5) is 0 Å². The Kier molecular flexibility index (Phi) is 8.27. The number of nitrogens with zero attached hydrogens (tertiary/aromatic N) is 5. The third-order valence-electron chi connectivity index (χ3n) is 6.21. The lowest BCUT2D eigenvalue weighted by Gasteiger charge is -2.31. The van der Waals surface area contributed by atoms with Crippen molar-refractivity contribution in [3.63, 3.8) is 0 Å². The third kappa shape index (κ3) is 5.62. The number of aryl methyl sites for hydroxylation is 1. The van der Waals surface area contributed by atoms with Crippen LogP contribution in [0, 0.1) is 12.8 Å². The van der Waals surface area contributed by atoms with Crippen molar-refractivity contribution in [1.29, 1.82) is 0 Å². The van der Waals surface area contributed by atoms with Crippen LogP contribution in [0.3, 0.4) is 0 Å². The number of benzene rings is 1. The molecule has 2 aromatic heterocycles. The minimum atomic E-state index is -1.94. The topological polar surface area (TPSA) is 120 Å². The van der Waals surface area contributed by atoms with Crippen LogP contribution in [-0.4, -0.2) is 61.7 Å². The number of aromatic nitrogens is 5. The predicted molar refractivity (Wildman–Crippen MR) is 143 cm³/mol. The Bertz CT molecular complexity index is 1320. The molecule has 0 atom stereocenters. The van der Waals surface area contributed by atoms with Crippen LogP contribution in [0.1, 0.15) is 59.8 Å². The molecule has 3 heterocycles.